The molecule has 0 saturated carbocycles. The zero-order valence-electron chi connectivity index (χ0n) is 17.8. The molecule has 0 aromatic heterocycles. The van der Waals surface area contributed by atoms with Crippen LogP contribution in [-0.2, 0) is 9.59 Å². The number of nitrogens with zero attached hydrogens (tertiary/aromatic N) is 2. The second-order valence-electron chi connectivity index (χ2n) is 6.83. The molecule has 0 bridgehead atoms. The summed E-state index contributed by atoms with van der Waals surface area (Å²) in [6, 6.07) is 10.6. The molecular weight excluding hydrogens is 438 g/mol. The summed E-state index contributed by atoms with van der Waals surface area (Å²) in [6.07, 6.45) is 0.0325. The highest BCUT2D eigenvalue weighted by Crippen LogP contribution is 2.36. The quantitative estimate of drug-likeness (QED) is 0.649. The maximum atomic E-state index is 12.9. The molecule has 1 aliphatic heterocycles. The van der Waals surface area contributed by atoms with Crippen LogP contribution in [0.1, 0.15) is 18.9 Å². The van der Waals surface area contributed by atoms with Gasteiger partial charge in [-0.05, 0) is 43.7 Å². The molecular formula is C22H24ClN3O4S. The Morgan fingerprint density at radius 2 is 2.00 bits per heavy atom. The van der Waals surface area contributed by atoms with Crippen molar-refractivity contribution in [1.82, 2.24) is 4.90 Å². The number of methoxy groups -OCH3 is 2. The minimum Gasteiger partial charge on any atom is -0.497 e. The average molecular weight is 462 g/mol. The maximum absolute atomic E-state index is 12.9. The molecule has 1 N–H and O–H groups in total. The molecule has 2 amide bonds. The lowest BCUT2D eigenvalue weighted by molar-refractivity contribution is -0.128. The van der Waals surface area contributed by atoms with E-state index in [9.17, 15) is 9.59 Å². The normalized spacial score (nSPS) is 17.2. The molecule has 1 aliphatic rings. The first-order valence-electron chi connectivity index (χ1n) is 9.71. The lowest BCUT2D eigenvalue weighted by atomic mass is 10.2. The van der Waals surface area contributed by atoms with Gasteiger partial charge in [0.1, 0.15) is 22.4 Å². The van der Waals surface area contributed by atoms with Gasteiger partial charge < -0.3 is 14.8 Å². The van der Waals surface area contributed by atoms with Crippen LogP contribution in [0.5, 0.6) is 11.5 Å². The second-order valence-corrected chi connectivity index (χ2v) is 8.44. The zero-order valence-corrected chi connectivity index (χ0v) is 19.3. The molecule has 7 nitrogen and oxygen atoms in total. The molecule has 0 unspecified atom stereocenters. The highest BCUT2D eigenvalue weighted by Gasteiger charge is 2.38. The Labute approximate surface area is 190 Å². The van der Waals surface area contributed by atoms with Crippen molar-refractivity contribution in [2.24, 2.45) is 4.99 Å². The van der Waals surface area contributed by atoms with Crippen LogP contribution < -0.4 is 14.8 Å². The van der Waals surface area contributed by atoms with Gasteiger partial charge in [-0.2, -0.15) is 0 Å². The molecule has 1 heterocycles. The van der Waals surface area contributed by atoms with Gasteiger partial charge >= 0.3 is 0 Å². The number of ether oxygens (including phenoxy) is 2. The van der Waals surface area contributed by atoms with E-state index in [4.69, 9.17) is 21.1 Å². The monoisotopic (exact) mass is 461 g/mol. The van der Waals surface area contributed by atoms with E-state index in [-0.39, 0.29) is 18.2 Å². The molecule has 9 heteroatoms. The van der Waals surface area contributed by atoms with Gasteiger partial charge in [0.2, 0.25) is 11.8 Å². The van der Waals surface area contributed by atoms with E-state index in [1.54, 1.807) is 49.5 Å². The van der Waals surface area contributed by atoms with E-state index in [0.717, 1.165) is 5.56 Å². The number of benzene rings is 2. The van der Waals surface area contributed by atoms with Crippen molar-refractivity contribution in [3.63, 3.8) is 0 Å². The molecule has 31 heavy (non-hydrogen) atoms. The van der Waals surface area contributed by atoms with Crippen LogP contribution in [-0.4, -0.2) is 47.9 Å². The Morgan fingerprint density at radius 3 is 2.68 bits per heavy atom. The van der Waals surface area contributed by atoms with Crippen molar-refractivity contribution < 1.29 is 19.1 Å². The lowest BCUT2D eigenvalue weighted by Crippen LogP contribution is -2.33. The van der Waals surface area contributed by atoms with Gasteiger partial charge in [0, 0.05) is 29.7 Å². The SMILES string of the molecule is CCN1C(=O)[C@@H](CC(=O)Nc2cc(Cl)ccc2C)SC1=Nc1ccc(OC)cc1OC. The average Bonchev–Trinajstić information content (AvgIpc) is 3.04. The summed E-state index contributed by atoms with van der Waals surface area (Å²) in [7, 11) is 3.12. The number of carbonyl (C=O) groups excluding carboxylic acids is 2. The molecule has 0 aliphatic carbocycles. The lowest BCUT2D eigenvalue weighted by Gasteiger charge is -2.14. The summed E-state index contributed by atoms with van der Waals surface area (Å²) in [5.41, 5.74) is 2.11. The zero-order chi connectivity index (χ0) is 22.5. The van der Waals surface area contributed by atoms with Crippen molar-refractivity contribution >= 4 is 51.7 Å². The number of nitrogens with one attached hydrogen (secondary N) is 1. The molecule has 164 valence electrons. The number of aliphatic imine (C=N–C) groups is 1. The third kappa shape index (κ3) is 5.32. The second kappa shape index (κ2) is 10.1. The summed E-state index contributed by atoms with van der Waals surface area (Å²) in [5, 5.41) is 3.36. The van der Waals surface area contributed by atoms with Gasteiger partial charge in [0.15, 0.2) is 5.17 Å². The molecule has 0 spiro atoms. The van der Waals surface area contributed by atoms with Crippen molar-refractivity contribution in [2.45, 2.75) is 25.5 Å². The third-order valence-electron chi connectivity index (χ3n) is 4.78. The fourth-order valence-corrected chi connectivity index (χ4v) is 4.48. The van der Waals surface area contributed by atoms with E-state index in [0.29, 0.717) is 39.6 Å². The summed E-state index contributed by atoms with van der Waals surface area (Å²) in [4.78, 5) is 31.7. The van der Waals surface area contributed by atoms with Gasteiger partial charge in [-0.3, -0.25) is 14.5 Å². The molecule has 2 aromatic carbocycles. The maximum Gasteiger partial charge on any atom is 0.242 e. The van der Waals surface area contributed by atoms with Crippen LogP contribution in [0.2, 0.25) is 5.02 Å². The number of hydrogen-bond donors (Lipinski definition) is 1. The van der Waals surface area contributed by atoms with E-state index in [2.05, 4.69) is 10.3 Å². The number of hydrogen-bond acceptors (Lipinski definition) is 6. The van der Waals surface area contributed by atoms with Crippen LogP contribution in [0, 0.1) is 6.92 Å². The smallest absolute Gasteiger partial charge is 0.242 e. The van der Waals surface area contributed by atoms with Crippen molar-refractivity contribution in [2.75, 3.05) is 26.1 Å². The number of carbonyl (C=O) groups is 2. The Morgan fingerprint density at radius 1 is 1.23 bits per heavy atom. The van der Waals surface area contributed by atoms with E-state index in [1.165, 1.54) is 11.8 Å². The van der Waals surface area contributed by atoms with Crippen molar-refractivity contribution in [3.8, 4) is 11.5 Å². The Kier molecular flexibility index (Phi) is 7.46. The highest BCUT2D eigenvalue weighted by molar-refractivity contribution is 8.15. The number of thioether (sulfide) groups is 1. The summed E-state index contributed by atoms with van der Waals surface area (Å²) >= 11 is 7.30. The van der Waals surface area contributed by atoms with E-state index in [1.807, 2.05) is 19.9 Å². The first kappa shape index (κ1) is 23.0. The molecule has 1 fully saturated rings. The summed E-state index contributed by atoms with van der Waals surface area (Å²) < 4.78 is 10.6. The van der Waals surface area contributed by atoms with E-state index >= 15 is 0 Å². The van der Waals surface area contributed by atoms with Crippen LogP contribution in [0.3, 0.4) is 0 Å². The molecule has 3 rings (SSSR count). The number of amidine groups is 1. The van der Waals surface area contributed by atoms with Crippen LogP contribution in [0.25, 0.3) is 0 Å². The fourth-order valence-electron chi connectivity index (χ4n) is 3.09. The first-order valence-corrected chi connectivity index (χ1v) is 11.0. The fraction of sp³-hybridized carbons (Fsp3) is 0.318. The van der Waals surface area contributed by atoms with Gasteiger partial charge in [0.05, 0.1) is 14.2 Å². The predicted octanol–water partition coefficient (Wildman–Crippen LogP) is 4.65. The summed E-state index contributed by atoms with van der Waals surface area (Å²) in [6.45, 7) is 4.21. The Bertz CT molecular complexity index is 1030. The molecule has 0 radical (unpaired) electrons. The van der Waals surface area contributed by atoms with Crippen molar-refractivity contribution in [1.29, 1.82) is 0 Å². The number of aryl methyl sites for hydroxylation is 1. The number of amides is 2. The number of anilines is 1. The molecule has 1 atom stereocenters. The topological polar surface area (TPSA) is 80.2 Å². The third-order valence-corrected chi connectivity index (χ3v) is 6.19. The summed E-state index contributed by atoms with van der Waals surface area (Å²) in [5.74, 6) is 0.787. The molecule has 2 aromatic rings. The minimum absolute atomic E-state index is 0.0325. The Balaban J connectivity index is 1.77. The van der Waals surface area contributed by atoms with E-state index < -0.39 is 5.25 Å². The number of halogens is 1. The van der Waals surface area contributed by atoms with Gasteiger partial charge in [-0.25, -0.2) is 4.99 Å². The van der Waals surface area contributed by atoms with Crippen LogP contribution in [0.15, 0.2) is 41.4 Å². The standard InChI is InChI=1S/C22H24ClN3O4S/c1-5-26-21(28)19(12-20(27)24-17-10-14(23)7-6-13(17)2)31-22(26)25-16-9-8-15(29-3)11-18(16)30-4/h6-11,19H,5,12H2,1-4H3,(H,24,27)/t19-/m1/s1. The van der Waals surface area contributed by atoms with Crippen LogP contribution >= 0.6 is 23.4 Å². The Hall–Kier alpha value is -2.71. The minimum atomic E-state index is -0.553. The largest absolute Gasteiger partial charge is 0.497 e. The predicted molar refractivity (Wildman–Crippen MR) is 125 cm³/mol. The van der Waals surface area contributed by atoms with Gasteiger partial charge in [-0.1, -0.05) is 29.4 Å². The number of rotatable bonds is 7. The van der Waals surface area contributed by atoms with Gasteiger partial charge in [0.25, 0.3) is 0 Å². The highest BCUT2D eigenvalue weighted by atomic mass is 35.5. The van der Waals surface area contributed by atoms with Crippen molar-refractivity contribution in [3.05, 3.63) is 47.0 Å². The van der Waals surface area contributed by atoms with Gasteiger partial charge in [-0.15, -0.1) is 0 Å². The first-order chi connectivity index (χ1) is 14.9. The molecule has 1 saturated heterocycles. The van der Waals surface area contributed by atoms with Crippen LogP contribution in [0.4, 0.5) is 11.4 Å².